The topological polar surface area (TPSA) is 100 Å². The summed E-state index contributed by atoms with van der Waals surface area (Å²) in [5.74, 6) is -0.221. The van der Waals surface area contributed by atoms with Gasteiger partial charge in [-0.1, -0.05) is 30.3 Å². The van der Waals surface area contributed by atoms with Crippen molar-refractivity contribution >= 4 is 33.9 Å². The van der Waals surface area contributed by atoms with Crippen LogP contribution >= 0.6 is 0 Å². The number of fused-ring (bicyclic) bond motifs is 3. The lowest BCUT2D eigenvalue weighted by atomic mass is 10.1. The van der Waals surface area contributed by atoms with Gasteiger partial charge in [0.25, 0.3) is 5.69 Å². The number of non-ortho nitro benzene ring substituents is 1. The molecule has 1 aromatic heterocycles. The van der Waals surface area contributed by atoms with Crippen LogP contribution in [0.5, 0.6) is 0 Å². The molecular formula is C17H12N4O3. The zero-order chi connectivity index (χ0) is 16.7. The van der Waals surface area contributed by atoms with Gasteiger partial charge >= 0.3 is 0 Å². The first-order valence-electron chi connectivity index (χ1n) is 7.33. The largest absolute Gasteiger partial charge is 0.351 e. The van der Waals surface area contributed by atoms with Gasteiger partial charge in [-0.15, -0.1) is 0 Å². The number of nitrogens with one attached hydrogen (secondary N) is 2. The summed E-state index contributed by atoms with van der Waals surface area (Å²) in [6, 6.07) is 13.8. The molecule has 1 aliphatic heterocycles. The highest BCUT2D eigenvalue weighted by atomic mass is 16.6. The maximum absolute atomic E-state index is 12.0. The van der Waals surface area contributed by atoms with Gasteiger partial charge in [0.1, 0.15) is 6.54 Å². The van der Waals surface area contributed by atoms with E-state index in [9.17, 15) is 14.9 Å². The molecule has 0 atom stereocenters. The van der Waals surface area contributed by atoms with Crippen molar-refractivity contribution in [2.75, 3.05) is 11.9 Å². The summed E-state index contributed by atoms with van der Waals surface area (Å²) < 4.78 is 0. The molecule has 4 rings (SSSR count). The first-order chi connectivity index (χ1) is 11.6. The third kappa shape index (κ3) is 2.23. The molecule has 0 saturated heterocycles. The molecule has 3 aromatic rings. The van der Waals surface area contributed by atoms with Crippen LogP contribution < -0.4 is 5.32 Å². The van der Waals surface area contributed by atoms with Crippen LogP contribution in [0.4, 0.5) is 11.4 Å². The molecule has 0 spiro atoms. The van der Waals surface area contributed by atoms with Crippen molar-refractivity contribution in [3.63, 3.8) is 0 Å². The summed E-state index contributed by atoms with van der Waals surface area (Å²) in [5.41, 5.74) is 3.27. The number of aromatic nitrogens is 1. The Balaban J connectivity index is 1.95. The average molecular weight is 320 g/mol. The molecule has 118 valence electrons. The average Bonchev–Trinajstić information content (AvgIpc) is 2.85. The molecule has 0 bridgehead atoms. The number of hydrogen-bond acceptors (Lipinski definition) is 4. The molecule has 1 amide bonds. The second-order valence-electron chi connectivity index (χ2n) is 5.44. The number of aromatic amines is 1. The van der Waals surface area contributed by atoms with Crippen LogP contribution in [0, 0.1) is 10.1 Å². The Morgan fingerprint density at radius 2 is 1.96 bits per heavy atom. The lowest BCUT2D eigenvalue weighted by Gasteiger charge is -2.05. The van der Waals surface area contributed by atoms with Crippen LogP contribution in [-0.2, 0) is 4.79 Å². The van der Waals surface area contributed by atoms with E-state index in [-0.39, 0.29) is 18.1 Å². The molecule has 7 nitrogen and oxygen atoms in total. The molecule has 2 aromatic carbocycles. The van der Waals surface area contributed by atoms with Crippen molar-refractivity contribution in [3.05, 3.63) is 69.9 Å². The minimum absolute atomic E-state index is 0.0172. The van der Waals surface area contributed by atoms with Crippen LogP contribution in [0.1, 0.15) is 11.3 Å². The Kier molecular flexibility index (Phi) is 3.13. The second kappa shape index (κ2) is 5.31. The fourth-order valence-electron chi connectivity index (χ4n) is 2.86. The van der Waals surface area contributed by atoms with Crippen molar-refractivity contribution in [1.82, 2.24) is 4.98 Å². The molecule has 2 heterocycles. The Labute approximate surface area is 136 Å². The van der Waals surface area contributed by atoms with E-state index in [4.69, 9.17) is 0 Å². The van der Waals surface area contributed by atoms with Gasteiger partial charge in [0.15, 0.2) is 0 Å². The Morgan fingerprint density at radius 1 is 1.12 bits per heavy atom. The summed E-state index contributed by atoms with van der Waals surface area (Å²) in [5, 5.41) is 14.8. The normalized spacial score (nSPS) is 13.8. The van der Waals surface area contributed by atoms with Gasteiger partial charge < -0.3 is 10.3 Å². The van der Waals surface area contributed by atoms with E-state index in [2.05, 4.69) is 15.3 Å². The van der Waals surface area contributed by atoms with Gasteiger partial charge in [-0.3, -0.25) is 19.9 Å². The molecule has 24 heavy (non-hydrogen) atoms. The van der Waals surface area contributed by atoms with Crippen molar-refractivity contribution in [2.45, 2.75) is 0 Å². The highest BCUT2D eigenvalue weighted by Crippen LogP contribution is 2.31. The van der Waals surface area contributed by atoms with Crippen LogP contribution in [0.25, 0.3) is 10.9 Å². The first kappa shape index (κ1) is 14.1. The SMILES string of the molecule is O=C1CN=C(c2cccc([N+](=O)[O-])c2)c2[nH]c3ccccc3c2N1. The number of anilines is 1. The van der Waals surface area contributed by atoms with E-state index in [1.165, 1.54) is 12.1 Å². The number of carbonyl (C=O) groups is 1. The maximum atomic E-state index is 12.0. The van der Waals surface area contributed by atoms with Crippen molar-refractivity contribution in [2.24, 2.45) is 4.99 Å². The van der Waals surface area contributed by atoms with E-state index in [0.29, 0.717) is 22.7 Å². The van der Waals surface area contributed by atoms with Gasteiger partial charge in [0.05, 0.1) is 22.0 Å². The number of hydrogen-bond donors (Lipinski definition) is 2. The number of nitro benzene ring substituents is 1. The molecule has 0 radical (unpaired) electrons. The molecule has 2 N–H and O–H groups in total. The summed E-state index contributed by atoms with van der Waals surface area (Å²) in [7, 11) is 0. The zero-order valence-corrected chi connectivity index (χ0v) is 12.4. The van der Waals surface area contributed by atoms with Gasteiger partial charge in [0.2, 0.25) is 5.91 Å². The molecule has 0 fully saturated rings. The number of benzene rings is 2. The fourth-order valence-corrected chi connectivity index (χ4v) is 2.86. The third-order valence-electron chi connectivity index (χ3n) is 3.92. The van der Waals surface area contributed by atoms with Crippen molar-refractivity contribution < 1.29 is 9.72 Å². The number of para-hydroxylation sites is 1. The van der Waals surface area contributed by atoms with E-state index in [1.807, 2.05) is 24.3 Å². The number of nitro groups is 1. The molecule has 0 unspecified atom stereocenters. The Hall–Kier alpha value is -3.48. The summed E-state index contributed by atoms with van der Waals surface area (Å²) in [6.45, 7) is -0.0329. The van der Waals surface area contributed by atoms with Crippen LogP contribution in [0.2, 0.25) is 0 Å². The predicted molar refractivity (Wildman–Crippen MR) is 90.5 cm³/mol. The quantitative estimate of drug-likeness (QED) is 0.561. The smallest absolute Gasteiger partial charge is 0.270 e. The second-order valence-corrected chi connectivity index (χ2v) is 5.44. The molecule has 7 heteroatoms. The first-order valence-corrected chi connectivity index (χ1v) is 7.33. The van der Waals surface area contributed by atoms with E-state index in [1.54, 1.807) is 12.1 Å². The number of rotatable bonds is 2. The van der Waals surface area contributed by atoms with Gasteiger partial charge in [-0.25, -0.2) is 0 Å². The Bertz CT molecular complexity index is 1020. The lowest BCUT2D eigenvalue weighted by molar-refractivity contribution is -0.384. The highest BCUT2D eigenvalue weighted by Gasteiger charge is 2.23. The zero-order valence-electron chi connectivity index (χ0n) is 12.4. The summed E-state index contributed by atoms with van der Waals surface area (Å²) in [4.78, 5) is 30.2. The predicted octanol–water partition coefficient (Wildman–Crippen LogP) is 2.87. The van der Waals surface area contributed by atoms with Gasteiger partial charge in [-0.2, -0.15) is 0 Å². The number of aliphatic imine (C=N–C) groups is 1. The van der Waals surface area contributed by atoms with E-state index < -0.39 is 4.92 Å². The van der Waals surface area contributed by atoms with Gasteiger partial charge in [0, 0.05) is 28.6 Å². The summed E-state index contributed by atoms with van der Waals surface area (Å²) >= 11 is 0. The van der Waals surface area contributed by atoms with E-state index in [0.717, 1.165) is 10.9 Å². The number of nitrogens with zero attached hydrogens (tertiary/aromatic N) is 2. The van der Waals surface area contributed by atoms with Gasteiger partial charge in [-0.05, 0) is 6.07 Å². The molecule has 0 saturated carbocycles. The third-order valence-corrected chi connectivity index (χ3v) is 3.92. The molecule has 1 aliphatic rings. The number of carbonyl (C=O) groups excluding carboxylic acids is 1. The maximum Gasteiger partial charge on any atom is 0.270 e. The lowest BCUT2D eigenvalue weighted by Crippen LogP contribution is -2.13. The van der Waals surface area contributed by atoms with Crippen LogP contribution in [0.15, 0.2) is 53.5 Å². The molecule has 0 aliphatic carbocycles. The standard InChI is InChI=1S/C17H12N4O3/c22-14-9-18-15(10-4-3-5-11(8-10)21(23)24)17-16(20-14)12-6-1-2-7-13(12)19-17/h1-8,19H,9H2,(H,20,22). The monoisotopic (exact) mass is 320 g/mol. The Morgan fingerprint density at radius 3 is 2.79 bits per heavy atom. The number of amides is 1. The highest BCUT2D eigenvalue weighted by molar-refractivity contribution is 6.22. The van der Waals surface area contributed by atoms with Crippen LogP contribution in [0.3, 0.4) is 0 Å². The van der Waals surface area contributed by atoms with E-state index >= 15 is 0 Å². The molecular weight excluding hydrogens is 308 g/mol. The number of H-pyrrole nitrogens is 1. The minimum atomic E-state index is -0.448. The van der Waals surface area contributed by atoms with Crippen LogP contribution in [-0.4, -0.2) is 28.1 Å². The van der Waals surface area contributed by atoms with Crippen molar-refractivity contribution in [1.29, 1.82) is 0 Å². The fraction of sp³-hybridized carbons (Fsp3) is 0.0588. The van der Waals surface area contributed by atoms with Crippen molar-refractivity contribution in [3.8, 4) is 0 Å². The minimum Gasteiger partial charge on any atom is -0.351 e. The summed E-state index contributed by atoms with van der Waals surface area (Å²) in [6.07, 6.45) is 0.